The van der Waals surface area contributed by atoms with Crippen LogP contribution in [0.5, 0.6) is 0 Å². The molecule has 2 saturated carbocycles. The zero-order valence-electron chi connectivity index (χ0n) is 17.6. The molecule has 0 radical (unpaired) electrons. The number of ketones is 1. The Morgan fingerprint density at radius 1 is 1.00 bits per heavy atom. The maximum atomic E-state index is 13.6. The molecule has 6 heteroatoms. The zero-order valence-corrected chi connectivity index (χ0v) is 17.6. The van der Waals surface area contributed by atoms with Crippen LogP contribution in [-0.2, 0) is 23.9 Å². The molecule has 160 valence electrons. The van der Waals surface area contributed by atoms with E-state index in [9.17, 15) is 19.2 Å². The van der Waals surface area contributed by atoms with Crippen LogP contribution < -0.4 is 4.90 Å². The van der Waals surface area contributed by atoms with Gasteiger partial charge in [-0.3, -0.25) is 24.1 Å². The van der Waals surface area contributed by atoms with Crippen LogP contribution in [0, 0.1) is 35.5 Å². The van der Waals surface area contributed by atoms with Crippen LogP contribution in [-0.4, -0.2) is 30.2 Å². The molecule has 0 bridgehead atoms. The van der Waals surface area contributed by atoms with Gasteiger partial charge in [0.1, 0.15) is 5.92 Å². The van der Waals surface area contributed by atoms with Crippen molar-refractivity contribution in [3.8, 4) is 0 Å². The van der Waals surface area contributed by atoms with Gasteiger partial charge >= 0.3 is 5.97 Å². The molecule has 2 aliphatic carbocycles. The molecule has 1 aromatic rings. The SMILES string of the molecule is CCOC(=O)[C@@H]1C(=O)[C@H](C)[C@@H]2C(=O)N(c3ccccc3)C(=O)[C@@H]2[C@@H]1C1CCCCC1. The van der Waals surface area contributed by atoms with Crippen molar-refractivity contribution in [3.05, 3.63) is 30.3 Å². The summed E-state index contributed by atoms with van der Waals surface area (Å²) in [6.07, 6.45) is 4.90. The Kier molecular flexibility index (Phi) is 5.76. The fraction of sp³-hybridized carbons (Fsp3) is 0.583. The number of anilines is 1. The molecule has 1 aromatic carbocycles. The van der Waals surface area contributed by atoms with Crippen molar-refractivity contribution >= 4 is 29.3 Å². The molecule has 0 spiro atoms. The summed E-state index contributed by atoms with van der Waals surface area (Å²) in [7, 11) is 0. The van der Waals surface area contributed by atoms with E-state index in [0.29, 0.717) is 5.69 Å². The summed E-state index contributed by atoms with van der Waals surface area (Å²) in [6.45, 7) is 3.59. The first kappa shape index (κ1) is 20.8. The molecule has 0 aromatic heterocycles. The zero-order chi connectivity index (χ0) is 21.4. The van der Waals surface area contributed by atoms with Crippen molar-refractivity contribution in [2.24, 2.45) is 35.5 Å². The maximum Gasteiger partial charge on any atom is 0.316 e. The lowest BCUT2D eigenvalue weighted by molar-refractivity contribution is -0.164. The van der Waals surface area contributed by atoms with Gasteiger partial charge in [0.05, 0.1) is 24.1 Å². The number of fused-ring (bicyclic) bond motifs is 1. The number of hydrogen-bond donors (Lipinski definition) is 0. The Bertz CT molecular complexity index is 844. The van der Waals surface area contributed by atoms with Crippen molar-refractivity contribution in [2.45, 2.75) is 46.0 Å². The second-order valence-electron chi connectivity index (χ2n) is 8.80. The highest BCUT2D eigenvalue weighted by Crippen LogP contribution is 2.52. The normalized spacial score (nSPS) is 32.3. The fourth-order valence-corrected chi connectivity index (χ4v) is 5.92. The average molecular weight is 411 g/mol. The van der Waals surface area contributed by atoms with Crippen LogP contribution in [0.4, 0.5) is 5.69 Å². The Balaban J connectivity index is 1.79. The lowest BCUT2D eigenvalue weighted by Crippen LogP contribution is -2.53. The minimum absolute atomic E-state index is 0.0737. The number of carbonyl (C=O) groups is 4. The van der Waals surface area contributed by atoms with Gasteiger partial charge in [0.2, 0.25) is 11.8 Å². The van der Waals surface area contributed by atoms with Crippen molar-refractivity contribution < 1.29 is 23.9 Å². The monoisotopic (exact) mass is 411 g/mol. The van der Waals surface area contributed by atoms with Crippen LogP contribution in [0.3, 0.4) is 0 Å². The van der Waals surface area contributed by atoms with Crippen molar-refractivity contribution in [2.75, 3.05) is 11.5 Å². The molecule has 1 heterocycles. The van der Waals surface area contributed by atoms with Crippen molar-refractivity contribution in [1.29, 1.82) is 0 Å². The van der Waals surface area contributed by atoms with Gasteiger partial charge in [0.15, 0.2) is 5.78 Å². The minimum Gasteiger partial charge on any atom is -0.465 e. The van der Waals surface area contributed by atoms with E-state index < -0.39 is 35.6 Å². The third-order valence-corrected chi connectivity index (χ3v) is 7.24. The number of imide groups is 1. The molecule has 4 rings (SSSR count). The van der Waals surface area contributed by atoms with Crippen molar-refractivity contribution in [1.82, 2.24) is 0 Å². The molecule has 5 atom stereocenters. The van der Waals surface area contributed by atoms with E-state index in [-0.39, 0.29) is 30.1 Å². The number of ether oxygens (including phenoxy) is 1. The largest absolute Gasteiger partial charge is 0.465 e. The standard InChI is InChI=1S/C24H29NO5/c1-3-30-24(29)20-18(15-10-6-4-7-11-15)19-17(14(2)21(20)26)22(27)25(23(19)28)16-12-8-5-9-13-16/h5,8-9,12-15,17-20H,3-4,6-7,10-11H2,1-2H3/t14-,17+,18+,19+,20+/m1/s1. The summed E-state index contributed by atoms with van der Waals surface area (Å²) in [5, 5.41) is 0. The number of benzene rings is 1. The summed E-state index contributed by atoms with van der Waals surface area (Å²) in [5.74, 6) is -4.78. The van der Waals surface area contributed by atoms with Crippen LogP contribution in [0.25, 0.3) is 0 Å². The molecule has 3 fully saturated rings. The lowest BCUT2D eigenvalue weighted by Gasteiger charge is -2.43. The van der Waals surface area contributed by atoms with Crippen LogP contribution in [0.15, 0.2) is 30.3 Å². The summed E-state index contributed by atoms with van der Waals surface area (Å²) in [5.41, 5.74) is 0.525. The van der Waals surface area contributed by atoms with E-state index in [1.165, 1.54) is 4.90 Å². The van der Waals surface area contributed by atoms with Gasteiger partial charge < -0.3 is 4.74 Å². The fourth-order valence-electron chi connectivity index (χ4n) is 5.92. The minimum atomic E-state index is -0.961. The Morgan fingerprint density at radius 3 is 2.27 bits per heavy atom. The molecule has 1 saturated heterocycles. The Morgan fingerprint density at radius 2 is 1.63 bits per heavy atom. The number of para-hydroxylation sites is 1. The van der Waals surface area contributed by atoms with Gasteiger partial charge in [-0.05, 0) is 30.9 Å². The highest BCUT2D eigenvalue weighted by Gasteiger charge is 2.63. The van der Waals surface area contributed by atoms with E-state index >= 15 is 0 Å². The van der Waals surface area contributed by atoms with E-state index in [2.05, 4.69) is 0 Å². The molecule has 0 N–H and O–H groups in total. The average Bonchev–Trinajstić information content (AvgIpc) is 3.02. The topological polar surface area (TPSA) is 80.8 Å². The molecule has 6 nitrogen and oxygen atoms in total. The van der Waals surface area contributed by atoms with Crippen LogP contribution in [0.2, 0.25) is 0 Å². The Labute approximate surface area is 177 Å². The number of carbonyl (C=O) groups excluding carboxylic acids is 4. The van der Waals surface area contributed by atoms with E-state index in [0.717, 1.165) is 32.1 Å². The summed E-state index contributed by atoms with van der Waals surface area (Å²) in [6, 6.07) is 8.87. The molecular weight excluding hydrogens is 382 g/mol. The van der Waals surface area contributed by atoms with Crippen LogP contribution in [0.1, 0.15) is 46.0 Å². The van der Waals surface area contributed by atoms with Gasteiger partial charge in [-0.15, -0.1) is 0 Å². The van der Waals surface area contributed by atoms with Crippen molar-refractivity contribution in [3.63, 3.8) is 0 Å². The van der Waals surface area contributed by atoms with Gasteiger partial charge in [0, 0.05) is 5.92 Å². The predicted molar refractivity (Wildman–Crippen MR) is 110 cm³/mol. The second kappa shape index (κ2) is 8.32. The predicted octanol–water partition coefficient (Wildman–Crippen LogP) is 3.39. The smallest absolute Gasteiger partial charge is 0.316 e. The van der Waals surface area contributed by atoms with E-state index in [4.69, 9.17) is 4.74 Å². The second-order valence-corrected chi connectivity index (χ2v) is 8.80. The maximum absolute atomic E-state index is 13.6. The quantitative estimate of drug-likeness (QED) is 0.431. The van der Waals surface area contributed by atoms with Gasteiger partial charge in [-0.1, -0.05) is 57.2 Å². The number of amides is 2. The number of rotatable bonds is 4. The molecule has 3 aliphatic rings. The molecule has 30 heavy (non-hydrogen) atoms. The van der Waals surface area contributed by atoms with Gasteiger partial charge in [-0.2, -0.15) is 0 Å². The first-order valence-corrected chi connectivity index (χ1v) is 11.1. The first-order valence-electron chi connectivity index (χ1n) is 11.1. The highest BCUT2D eigenvalue weighted by atomic mass is 16.5. The van der Waals surface area contributed by atoms with E-state index in [1.54, 1.807) is 38.1 Å². The first-order chi connectivity index (χ1) is 14.5. The summed E-state index contributed by atoms with van der Waals surface area (Å²) in [4.78, 5) is 54.5. The molecule has 0 unspecified atom stereocenters. The molecule has 1 aliphatic heterocycles. The number of nitrogens with zero attached hydrogens (tertiary/aromatic N) is 1. The third kappa shape index (κ3) is 3.26. The van der Waals surface area contributed by atoms with E-state index in [1.807, 2.05) is 6.07 Å². The number of hydrogen-bond acceptors (Lipinski definition) is 5. The third-order valence-electron chi connectivity index (χ3n) is 7.24. The number of esters is 1. The van der Waals surface area contributed by atoms with Crippen LogP contribution >= 0.6 is 0 Å². The molecule has 2 amide bonds. The number of Topliss-reactive ketones (excluding diaryl/α,β-unsaturated/α-hetero) is 1. The van der Waals surface area contributed by atoms with Gasteiger partial charge in [-0.25, -0.2) is 0 Å². The molecular formula is C24H29NO5. The lowest BCUT2D eigenvalue weighted by atomic mass is 9.57. The highest BCUT2D eigenvalue weighted by molar-refractivity contribution is 6.24. The Hall–Kier alpha value is -2.50. The summed E-state index contributed by atoms with van der Waals surface area (Å²) < 4.78 is 5.27. The van der Waals surface area contributed by atoms with Gasteiger partial charge in [0.25, 0.3) is 0 Å². The summed E-state index contributed by atoms with van der Waals surface area (Å²) >= 11 is 0.